The van der Waals surface area contributed by atoms with Gasteiger partial charge in [0.1, 0.15) is 17.5 Å². The van der Waals surface area contributed by atoms with Crippen LogP contribution in [0.4, 0.5) is 11.8 Å². The lowest BCUT2D eigenvalue weighted by atomic mass is 10.1. The molecule has 1 heterocycles. The highest BCUT2D eigenvalue weighted by Gasteiger charge is 2.15. The Labute approximate surface area is 134 Å². The number of nitrogens with zero attached hydrogens (tertiary/aromatic N) is 3. The van der Waals surface area contributed by atoms with Gasteiger partial charge in [-0.15, -0.1) is 0 Å². The van der Waals surface area contributed by atoms with Gasteiger partial charge in [-0.2, -0.15) is 10.2 Å². The van der Waals surface area contributed by atoms with Crippen molar-refractivity contribution < 1.29 is 9.47 Å². The van der Waals surface area contributed by atoms with E-state index in [0.29, 0.717) is 36.0 Å². The molecular formula is C16H19N5O2. The molecular weight excluding hydrogens is 294 g/mol. The molecule has 0 amide bonds. The predicted molar refractivity (Wildman–Crippen MR) is 88.0 cm³/mol. The van der Waals surface area contributed by atoms with Gasteiger partial charge < -0.3 is 20.9 Å². The number of nitrogens with two attached hydrogens (primary N) is 2. The summed E-state index contributed by atoms with van der Waals surface area (Å²) in [5.74, 6) is 1.30. The van der Waals surface area contributed by atoms with E-state index in [9.17, 15) is 5.26 Å². The first-order chi connectivity index (χ1) is 11.1. The monoisotopic (exact) mass is 313 g/mol. The molecule has 4 N–H and O–H groups in total. The first-order valence-electron chi connectivity index (χ1n) is 7.33. The minimum atomic E-state index is 0.0146. The van der Waals surface area contributed by atoms with Crippen LogP contribution in [-0.2, 0) is 0 Å². The molecule has 0 spiro atoms. The second-order valence-electron chi connectivity index (χ2n) is 4.75. The van der Waals surface area contributed by atoms with Crippen molar-refractivity contribution in [2.75, 3.05) is 24.7 Å². The zero-order valence-corrected chi connectivity index (χ0v) is 13.2. The fraction of sp³-hybridized carbons (Fsp3) is 0.312. The summed E-state index contributed by atoms with van der Waals surface area (Å²) in [4.78, 5) is 7.95. The summed E-state index contributed by atoms with van der Waals surface area (Å²) in [6.07, 6.45) is 0.894. The molecule has 0 atom stereocenters. The lowest BCUT2D eigenvalue weighted by Crippen LogP contribution is -2.05. The van der Waals surface area contributed by atoms with Crippen LogP contribution in [0.5, 0.6) is 11.5 Å². The van der Waals surface area contributed by atoms with Crippen molar-refractivity contribution in [3.63, 3.8) is 0 Å². The Kier molecular flexibility index (Phi) is 5.20. The Hall–Kier alpha value is -3.01. The normalized spacial score (nSPS) is 10.1. The summed E-state index contributed by atoms with van der Waals surface area (Å²) in [5.41, 5.74) is 12.6. The maximum Gasteiger partial charge on any atom is 0.222 e. The minimum absolute atomic E-state index is 0.0146. The molecule has 7 heteroatoms. The quantitative estimate of drug-likeness (QED) is 0.839. The van der Waals surface area contributed by atoms with Crippen molar-refractivity contribution in [2.45, 2.75) is 20.3 Å². The summed E-state index contributed by atoms with van der Waals surface area (Å²) in [5, 5.41) is 9.29. The predicted octanol–water partition coefficient (Wildman–Crippen LogP) is 2.37. The van der Waals surface area contributed by atoms with E-state index in [4.69, 9.17) is 20.9 Å². The zero-order chi connectivity index (χ0) is 16.8. The van der Waals surface area contributed by atoms with E-state index in [1.165, 1.54) is 0 Å². The fourth-order valence-corrected chi connectivity index (χ4v) is 2.07. The Morgan fingerprint density at radius 1 is 1.13 bits per heavy atom. The molecule has 0 radical (unpaired) electrons. The van der Waals surface area contributed by atoms with Crippen molar-refractivity contribution in [2.24, 2.45) is 0 Å². The van der Waals surface area contributed by atoms with E-state index in [2.05, 4.69) is 9.97 Å². The van der Waals surface area contributed by atoms with Gasteiger partial charge in [-0.25, -0.2) is 4.98 Å². The van der Waals surface area contributed by atoms with Gasteiger partial charge in [0.05, 0.1) is 18.9 Å². The van der Waals surface area contributed by atoms with E-state index in [-0.39, 0.29) is 17.3 Å². The lowest BCUT2D eigenvalue weighted by Gasteiger charge is -2.13. The van der Waals surface area contributed by atoms with Crippen molar-refractivity contribution in [3.05, 3.63) is 23.8 Å². The number of nitriles is 1. The number of hydrogen-bond acceptors (Lipinski definition) is 7. The molecule has 120 valence electrons. The number of rotatable bonds is 6. The average molecular weight is 313 g/mol. The number of benzene rings is 1. The van der Waals surface area contributed by atoms with Crippen LogP contribution >= 0.6 is 0 Å². The van der Waals surface area contributed by atoms with Gasteiger partial charge in [0, 0.05) is 5.56 Å². The maximum absolute atomic E-state index is 9.29. The van der Waals surface area contributed by atoms with Crippen LogP contribution in [0.15, 0.2) is 18.2 Å². The van der Waals surface area contributed by atoms with Crippen LogP contribution in [0.25, 0.3) is 11.3 Å². The van der Waals surface area contributed by atoms with Crippen molar-refractivity contribution in [3.8, 4) is 28.8 Å². The van der Waals surface area contributed by atoms with E-state index < -0.39 is 0 Å². The molecule has 0 saturated heterocycles. The minimum Gasteiger partial charge on any atom is -0.490 e. The molecule has 0 fully saturated rings. The second kappa shape index (κ2) is 7.31. The van der Waals surface area contributed by atoms with Gasteiger partial charge in [0.25, 0.3) is 0 Å². The Morgan fingerprint density at radius 3 is 2.57 bits per heavy atom. The van der Waals surface area contributed by atoms with Crippen LogP contribution < -0.4 is 20.9 Å². The molecule has 0 aliphatic rings. The first-order valence-corrected chi connectivity index (χ1v) is 7.33. The number of hydrogen-bond donors (Lipinski definition) is 2. The molecule has 7 nitrogen and oxygen atoms in total. The van der Waals surface area contributed by atoms with Crippen LogP contribution in [0.2, 0.25) is 0 Å². The third kappa shape index (κ3) is 3.61. The van der Waals surface area contributed by atoms with Crippen molar-refractivity contribution in [1.82, 2.24) is 9.97 Å². The average Bonchev–Trinajstić information content (AvgIpc) is 2.53. The smallest absolute Gasteiger partial charge is 0.222 e. The lowest BCUT2D eigenvalue weighted by molar-refractivity contribution is 0.277. The van der Waals surface area contributed by atoms with Crippen LogP contribution in [-0.4, -0.2) is 23.2 Å². The highest BCUT2D eigenvalue weighted by molar-refractivity contribution is 5.74. The van der Waals surface area contributed by atoms with Crippen LogP contribution in [0.1, 0.15) is 25.8 Å². The molecule has 1 aromatic heterocycles. The van der Waals surface area contributed by atoms with Gasteiger partial charge in [-0.1, -0.05) is 6.92 Å². The molecule has 2 aromatic rings. The SMILES string of the molecule is CCCOc1ccc(-c2nc(N)nc(N)c2C#N)cc1OCC. The number of anilines is 2. The zero-order valence-electron chi connectivity index (χ0n) is 13.2. The molecule has 0 aliphatic carbocycles. The van der Waals surface area contributed by atoms with Crippen LogP contribution in [0.3, 0.4) is 0 Å². The molecule has 1 aromatic carbocycles. The number of ether oxygens (including phenoxy) is 2. The number of aromatic nitrogens is 2. The summed E-state index contributed by atoms with van der Waals surface area (Å²) >= 11 is 0. The third-order valence-electron chi connectivity index (χ3n) is 3.04. The van der Waals surface area contributed by atoms with Crippen molar-refractivity contribution in [1.29, 1.82) is 5.26 Å². The summed E-state index contributed by atoms with van der Waals surface area (Å²) in [6, 6.07) is 7.34. The second-order valence-corrected chi connectivity index (χ2v) is 4.75. The largest absolute Gasteiger partial charge is 0.490 e. The number of nitrogen functional groups attached to an aromatic ring is 2. The van der Waals surface area contributed by atoms with Gasteiger partial charge in [-0.05, 0) is 31.5 Å². The molecule has 2 rings (SSSR count). The highest BCUT2D eigenvalue weighted by Crippen LogP contribution is 2.34. The third-order valence-corrected chi connectivity index (χ3v) is 3.04. The first kappa shape index (κ1) is 16.4. The Bertz CT molecular complexity index is 740. The van der Waals surface area contributed by atoms with Gasteiger partial charge in [-0.3, -0.25) is 0 Å². The summed E-state index contributed by atoms with van der Waals surface area (Å²) in [7, 11) is 0. The topological polar surface area (TPSA) is 120 Å². The molecule has 23 heavy (non-hydrogen) atoms. The van der Waals surface area contributed by atoms with E-state index in [0.717, 1.165) is 6.42 Å². The van der Waals surface area contributed by atoms with E-state index in [1.54, 1.807) is 18.2 Å². The highest BCUT2D eigenvalue weighted by atomic mass is 16.5. The van der Waals surface area contributed by atoms with Crippen molar-refractivity contribution >= 4 is 11.8 Å². The van der Waals surface area contributed by atoms with E-state index in [1.807, 2.05) is 19.9 Å². The Morgan fingerprint density at radius 2 is 1.91 bits per heavy atom. The Balaban J connectivity index is 2.52. The molecule has 0 aliphatic heterocycles. The maximum atomic E-state index is 9.29. The van der Waals surface area contributed by atoms with Gasteiger partial charge >= 0.3 is 0 Å². The molecule has 0 unspecified atom stereocenters. The van der Waals surface area contributed by atoms with E-state index >= 15 is 0 Å². The fourth-order valence-electron chi connectivity index (χ4n) is 2.07. The molecule has 0 bridgehead atoms. The standard InChI is InChI=1S/C16H19N5O2/c1-3-7-23-12-6-5-10(8-13(12)22-4-2)14-11(9-17)15(18)21-16(19)20-14/h5-6,8H,3-4,7H2,1-2H3,(H4,18,19,20,21). The van der Waals surface area contributed by atoms with Crippen LogP contribution in [0, 0.1) is 11.3 Å². The summed E-state index contributed by atoms with van der Waals surface area (Å²) in [6.45, 7) is 5.00. The van der Waals surface area contributed by atoms with Gasteiger partial charge in [0.15, 0.2) is 11.5 Å². The molecule has 0 saturated carbocycles. The summed E-state index contributed by atoms with van der Waals surface area (Å²) < 4.78 is 11.3. The van der Waals surface area contributed by atoms with Gasteiger partial charge in [0.2, 0.25) is 5.95 Å².